The highest BCUT2D eigenvalue weighted by Crippen LogP contribution is 2.16. The number of hydrogen-bond donors (Lipinski definition) is 1. The van der Waals surface area contributed by atoms with Crippen molar-refractivity contribution in [3.63, 3.8) is 0 Å². The van der Waals surface area contributed by atoms with Crippen LogP contribution in [0.15, 0.2) is 0 Å². The maximum atomic E-state index is 8.60. The van der Waals surface area contributed by atoms with Gasteiger partial charge in [-0.25, -0.2) is 0 Å². The van der Waals surface area contributed by atoms with Crippen molar-refractivity contribution in [1.29, 1.82) is 0 Å². The van der Waals surface area contributed by atoms with Gasteiger partial charge in [0.2, 0.25) is 0 Å². The van der Waals surface area contributed by atoms with Gasteiger partial charge in [-0.05, 0) is 12.7 Å². The average molecular weight is 63.1 g/mol. The third kappa shape index (κ3) is 0.206. The van der Waals surface area contributed by atoms with E-state index in [-0.39, 0.29) is 0 Å². The number of hydrogen-bond acceptors (Lipinski definition) is 1. The Morgan fingerprint density at radius 2 is 2.50 bits per heavy atom. The third-order valence-corrected chi connectivity index (χ3v) is 0.237. The summed E-state index contributed by atoms with van der Waals surface area (Å²) in [6.45, 7) is 0. The zero-order valence-corrected chi connectivity index (χ0v) is 1.95. The van der Waals surface area contributed by atoms with Crippen LogP contribution in [-0.2, 0) is 0 Å². The first-order chi connectivity index (χ1) is 3.75. The van der Waals surface area contributed by atoms with E-state index < -0.39 is 18.8 Å². The van der Waals surface area contributed by atoms with Gasteiger partial charge in [-0.15, -0.1) is 0 Å². The minimum absolute atomic E-state index is 2.40. The molecule has 0 aromatic rings. The molecule has 0 aliphatic heterocycles. The van der Waals surface area contributed by atoms with Crippen molar-refractivity contribution < 1.29 is 12.0 Å². The summed E-state index contributed by atoms with van der Waals surface area (Å²) in [4.78, 5) is 0. The van der Waals surface area contributed by atoms with Crippen LogP contribution in [0.1, 0.15) is 19.6 Å². The van der Waals surface area contributed by atoms with Crippen molar-refractivity contribution in [2.45, 2.75) is 18.8 Å². The molecular weight excluding hydrogens is 52.0 g/mol. The van der Waals surface area contributed by atoms with E-state index in [0.29, 0.717) is 0 Å². The molecule has 1 heteroatoms. The highest BCUT2D eigenvalue weighted by atomic mass is 16.3. The molecule has 4 heavy (non-hydrogen) atoms. The Kier molecular flexibility index (Phi) is 0.0499. The number of rotatable bonds is 0. The zero-order valence-electron chi connectivity index (χ0n) is 6.95. The van der Waals surface area contributed by atoms with Gasteiger partial charge in [0, 0.05) is 5.48 Å². The Morgan fingerprint density at radius 1 is 2.25 bits per heavy atom. The lowest BCUT2D eigenvalue weighted by Gasteiger charge is -1.57. The second-order valence-electron chi connectivity index (χ2n) is 0.599. The van der Waals surface area contributed by atoms with Gasteiger partial charge in [-0.1, -0.05) is 0 Å². The normalized spacial score (nSPS) is 77.8. The lowest BCUT2D eigenvalue weighted by atomic mass is 10.9. The molecule has 0 atom stereocenters. The molecule has 0 aromatic heterocycles. The monoisotopic (exact) mass is 63.1 g/mol. The van der Waals surface area contributed by atoms with E-state index >= 15 is 0 Å². The Hall–Kier alpha value is -0.0400. The van der Waals surface area contributed by atoms with Crippen molar-refractivity contribution in [2.75, 3.05) is 0 Å². The first kappa shape index (κ1) is 0.432. The predicted octanol–water partition coefficient (Wildman–Crippen LogP) is 0.141. The molecule has 0 spiro atoms. The van der Waals surface area contributed by atoms with Crippen LogP contribution in [0.5, 0.6) is 0 Å². The van der Waals surface area contributed by atoms with Crippen LogP contribution < -0.4 is 0 Å². The molecule has 0 radical (unpaired) electrons. The van der Waals surface area contributed by atoms with Gasteiger partial charge < -0.3 is 5.11 Å². The molecule has 1 nitrogen and oxygen atoms in total. The van der Waals surface area contributed by atoms with E-state index in [9.17, 15) is 0 Å². The molecule has 0 aromatic carbocycles. The SMILES string of the molecule is [2H]C1([2H])C([2H])([2H])C1([2H])O. The van der Waals surface area contributed by atoms with Crippen LogP contribution in [0.3, 0.4) is 0 Å². The van der Waals surface area contributed by atoms with Crippen molar-refractivity contribution in [3.8, 4) is 0 Å². The lowest BCUT2D eigenvalue weighted by molar-refractivity contribution is 0.279. The first-order valence-electron chi connectivity index (χ1n) is 3.47. The maximum Gasteiger partial charge on any atom is 0.0600 e. The molecule has 1 aliphatic rings. The lowest BCUT2D eigenvalue weighted by Crippen LogP contribution is -1.65. The smallest absolute Gasteiger partial charge is 0.0600 e. The third-order valence-electron chi connectivity index (χ3n) is 0.237. The van der Waals surface area contributed by atoms with E-state index in [0.717, 1.165) is 0 Å². The first-order valence-corrected chi connectivity index (χ1v) is 0.974. The largest absolute Gasteiger partial charge is 0.393 e. The van der Waals surface area contributed by atoms with Crippen molar-refractivity contribution >= 4 is 0 Å². The van der Waals surface area contributed by atoms with Gasteiger partial charge in [0.15, 0.2) is 0 Å². The van der Waals surface area contributed by atoms with Gasteiger partial charge in [-0.3, -0.25) is 0 Å². The van der Waals surface area contributed by atoms with Crippen LogP contribution >= 0.6 is 0 Å². The Bertz CT molecular complexity index is 110. The van der Waals surface area contributed by atoms with Crippen LogP contribution in [0.4, 0.5) is 0 Å². The minimum Gasteiger partial charge on any atom is -0.393 e. The summed E-state index contributed by atoms with van der Waals surface area (Å²) in [5, 5.41) is 8.60. The van der Waals surface area contributed by atoms with Gasteiger partial charge >= 0.3 is 0 Å². The second kappa shape index (κ2) is 0.462. The van der Waals surface area contributed by atoms with E-state index in [2.05, 4.69) is 0 Å². The molecule has 0 saturated heterocycles. The van der Waals surface area contributed by atoms with E-state index in [4.69, 9.17) is 12.0 Å². The van der Waals surface area contributed by atoms with Crippen LogP contribution in [0.2, 0.25) is 0 Å². The summed E-state index contributed by atoms with van der Waals surface area (Å²) in [6.07, 6.45) is -7.35. The maximum absolute atomic E-state index is 8.60. The fourth-order valence-electron chi connectivity index (χ4n) is 0.0280. The summed E-state index contributed by atoms with van der Waals surface area (Å²) >= 11 is 0. The van der Waals surface area contributed by atoms with Crippen LogP contribution in [-0.4, -0.2) is 11.2 Å². The Morgan fingerprint density at radius 3 is 2.50 bits per heavy atom. The number of aliphatic hydroxyl groups is 1. The quantitative estimate of drug-likeness (QED) is 0.424. The Balaban J connectivity index is 2.91. The molecular formula is C3H6O. The molecule has 1 fully saturated rings. The molecule has 1 saturated carbocycles. The van der Waals surface area contributed by atoms with E-state index in [1.54, 1.807) is 0 Å². The second-order valence-corrected chi connectivity index (χ2v) is 0.599. The molecule has 0 bridgehead atoms. The summed E-state index contributed by atoms with van der Waals surface area (Å²) in [7, 11) is 0. The van der Waals surface area contributed by atoms with Gasteiger partial charge in [0.05, 0.1) is 7.45 Å². The highest BCUT2D eigenvalue weighted by Gasteiger charge is 2.15. The van der Waals surface area contributed by atoms with E-state index in [1.165, 1.54) is 0 Å². The molecule has 0 heterocycles. The Labute approximate surface area is 32.3 Å². The fraction of sp³-hybridized carbons (Fsp3) is 1.00. The summed E-state index contributed by atoms with van der Waals surface area (Å²) in [6, 6.07) is 0. The zero-order chi connectivity index (χ0) is 7.50. The van der Waals surface area contributed by atoms with Crippen molar-refractivity contribution in [1.82, 2.24) is 0 Å². The fourth-order valence-corrected chi connectivity index (χ4v) is 0.0280. The van der Waals surface area contributed by atoms with Crippen molar-refractivity contribution in [3.05, 3.63) is 0 Å². The summed E-state index contributed by atoms with van der Waals surface area (Å²) < 4.78 is 33.5. The standard InChI is InChI=1S/C3H6O/c4-3-1-2-3/h3-4H,1-2H2/i1D2,2D2,3D. The predicted molar refractivity (Wildman–Crippen MR) is 15.2 cm³/mol. The van der Waals surface area contributed by atoms with Gasteiger partial charge in [-0.2, -0.15) is 0 Å². The summed E-state index contributed by atoms with van der Waals surface area (Å²) in [5.41, 5.74) is 0. The van der Waals surface area contributed by atoms with E-state index in [1.807, 2.05) is 0 Å². The van der Waals surface area contributed by atoms with Gasteiger partial charge in [0.25, 0.3) is 0 Å². The van der Waals surface area contributed by atoms with Crippen LogP contribution in [0, 0.1) is 0 Å². The molecule has 1 aliphatic carbocycles. The van der Waals surface area contributed by atoms with Crippen LogP contribution in [0.25, 0.3) is 0 Å². The van der Waals surface area contributed by atoms with Crippen molar-refractivity contribution in [2.24, 2.45) is 0 Å². The molecule has 1 N–H and O–H groups in total. The molecule has 24 valence electrons. The van der Waals surface area contributed by atoms with Gasteiger partial charge in [0.1, 0.15) is 0 Å². The minimum atomic E-state index is -2.54. The summed E-state index contributed by atoms with van der Waals surface area (Å²) in [5.74, 6) is 0. The topological polar surface area (TPSA) is 20.2 Å². The molecule has 0 amide bonds. The average Bonchev–Trinajstić information content (AvgIpc) is 1.84. The molecule has 1 rings (SSSR count). The molecule has 0 unspecified atom stereocenters. The highest BCUT2D eigenvalue weighted by molar-refractivity contribution is 4.68.